The molecule has 2 N–H and O–H groups in total. The van der Waals surface area contributed by atoms with E-state index >= 15 is 0 Å². The first-order valence-corrected chi connectivity index (χ1v) is 5.43. The molecule has 1 aliphatic rings. The van der Waals surface area contributed by atoms with Gasteiger partial charge in [0.2, 0.25) is 5.84 Å². The maximum atomic E-state index is 10.8. The second-order valence-corrected chi connectivity index (χ2v) is 4.51. The Kier molecular flexibility index (Phi) is 2.79. The molecule has 1 aromatic heterocycles. The number of rotatable bonds is 2. The van der Waals surface area contributed by atoms with Crippen LogP contribution in [0.15, 0.2) is 11.3 Å². The third-order valence-electron chi connectivity index (χ3n) is 1.88. The quantitative estimate of drug-likeness (QED) is 0.621. The molecule has 86 valence electrons. The van der Waals surface area contributed by atoms with Crippen molar-refractivity contribution in [3.63, 3.8) is 0 Å². The van der Waals surface area contributed by atoms with Crippen LogP contribution in [0.3, 0.4) is 0 Å². The number of nitro groups is 1. The van der Waals surface area contributed by atoms with Crippen LogP contribution in [0.5, 0.6) is 0 Å². The van der Waals surface area contributed by atoms with Gasteiger partial charge in [-0.15, -0.1) is 0 Å². The van der Waals surface area contributed by atoms with E-state index in [1.165, 1.54) is 11.2 Å². The normalized spacial score (nSPS) is 16.2. The predicted octanol–water partition coefficient (Wildman–Crippen LogP) is 0.688. The summed E-state index contributed by atoms with van der Waals surface area (Å²) in [5, 5.41) is 16.3. The zero-order valence-corrected chi connectivity index (χ0v) is 9.48. The Bertz CT molecular complexity index is 448. The highest BCUT2D eigenvalue weighted by Crippen LogP contribution is 2.29. The number of thiazole rings is 1. The van der Waals surface area contributed by atoms with Gasteiger partial charge in [0.15, 0.2) is 4.47 Å². The van der Waals surface area contributed by atoms with E-state index in [1.54, 1.807) is 0 Å². The van der Waals surface area contributed by atoms with Gasteiger partial charge in [-0.2, -0.15) is 5.01 Å². The summed E-state index contributed by atoms with van der Waals surface area (Å²) >= 11 is 6.81. The molecular weight excluding hydrogens is 256 g/mol. The largest absolute Gasteiger partial charge is 0.364 e. The van der Waals surface area contributed by atoms with Crippen LogP contribution in [0.25, 0.3) is 0 Å². The van der Waals surface area contributed by atoms with E-state index in [0.29, 0.717) is 27.7 Å². The van der Waals surface area contributed by atoms with E-state index in [-0.39, 0.29) is 5.84 Å². The summed E-state index contributed by atoms with van der Waals surface area (Å²) in [5.74, 6) is 0.226. The van der Waals surface area contributed by atoms with E-state index in [1.807, 2.05) is 0 Å². The maximum Gasteiger partial charge on any atom is 0.244 e. The monoisotopic (exact) mass is 262 g/mol. The van der Waals surface area contributed by atoms with Gasteiger partial charge in [-0.3, -0.25) is 0 Å². The van der Waals surface area contributed by atoms with E-state index < -0.39 is 5.03 Å². The van der Waals surface area contributed by atoms with Gasteiger partial charge in [-0.25, -0.2) is 4.98 Å². The number of hydrazone groups is 1. The molecule has 0 amide bonds. The summed E-state index contributed by atoms with van der Waals surface area (Å²) in [6, 6.07) is 0. The lowest BCUT2D eigenvalue weighted by Crippen LogP contribution is -2.48. The molecule has 10 heteroatoms. The third kappa shape index (κ3) is 1.99. The number of nitrogens with two attached hydrogens (primary N) is 1. The lowest BCUT2D eigenvalue weighted by Gasteiger charge is -2.26. The average Bonchev–Trinajstić information content (AvgIpc) is 2.64. The Morgan fingerprint density at radius 2 is 2.44 bits per heavy atom. The molecule has 2 heterocycles. The lowest BCUT2D eigenvalue weighted by molar-refractivity contribution is -0.660. The minimum Gasteiger partial charge on any atom is -0.364 e. The molecule has 0 aromatic carbocycles. The van der Waals surface area contributed by atoms with Crippen molar-refractivity contribution in [2.45, 2.75) is 6.42 Å². The molecule has 0 spiro atoms. The van der Waals surface area contributed by atoms with Crippen molar-refractivity contribution in [1.29, 1.82) is 0 Å². The van der Waals surface area contributed by atoms with Crippen molar-refractivity contribution in [1.82, 2.24) is 10.2 Å². The molecule has 16 heavy (non-hydrogen) atoms. The van der Waals surface area contributed by atoms with Gasteiger partial charge in [0, 0.05) is 0 Å². The summed E-state index contributed by atoms with van der Waals surface area (Å²) in [6.45, 7) is 0.370. The highest BCUT2D eigenvalue weighted by Gasteiger charge is 2.31. The van der Waals surface area contributed by atoms with Crippen molar-refractivity contribution in [3.05, 3.63) is 20.8 Å². The van der Waals surface area contributed by atoms with Gasteiger partial charge in [0.25, 0.3) is 0 Å². The third-order valence-corrected chi connectivity index (χ3v) is 3.01. The molecule has 0 bridgehead atoms. The Labute approximate surface area is 99.0 Å². The fourth-order valence-electron chi connectivity index (χ4n) is 1.22. The zero-order chi connectivity index (χ0) is 11.7. The first-order chi connectivity index (χ1) is 7.58. The molecule has 0 atom stereocenters. The minimum atomic E-state index is -0.653. The molecule has 1 aromatic rings. The maximum absolute atomic E-state index is 10.8. The van der Waals surface area contributed by atoms with Crippen LogP contribution >= 0.6 is 22.9 Å². The molecule has 2 rings (SSSR count). The van der Waals surface area contributed by atoms with E-state index in [9.17, 15) is 10.1 Å². The van der Waals surface area contributed by atoms with Crippen LogP contribution in [0.2, 0.25) is 4.47 Å². The van der Waals surface area contributed by atoms with Crippen molar-refractivity contribution in [2.75, 3.05) is 11.6 Å². The van der Waals surface area contributed by atoms with Gasteiger partial charge in [0.05, 0.1) is 29.3 Å². The highest BCUT2D eigenvalue weighted by molar-refractivity contribution is 7.19. The molecule has 1 aliphatic heterocycles. The second-order valence-electron chi connectivity index (χ2n) is 2.92. The van der Waals surface area contributed by atoms with Gasteiger partial charge in [-0.1, -0.05) is 22.9 Å². The number of amidine groups is 1. The average molecular weight is 263 g/mol. The number of aromatic nitrogens is 1. The first-order valence-electron chi connectivity index (χ1n) is 4.24. The molecule has 0 fully saturated rings. The summed E-state index contributed by atoms with van der Waals surface area (Å²) in [4.78, 5) is 14.6. The van der Waals surface area contributed by atoms with Crippen LogP contribution in [-0.2, 0) is 0 Å². The lowest BCUT2D eigenvalue weighted by atomic mass is 10.4. The van der Waals surface area contributed by atoms with Crippen LogP contribution in [0.1, 0.15) is 6.42 Å². The molecule has 0 aliphatic carbocycles. The van der Waals surface area contributed by atoms with Crippen LogP contribution in [0.4, 0.5) is 5.00 Å². The number of halogens is 1. The topological polar surface area (TPSA) is 101 Å². The van der Waals surface area contributed by atoms with Gasteiger partial charge < -0.3 is 15.8 Å². The summed E-state index contributed by atoms with van der Waals surface area (Å²) in [5.41, 5.74) is 5.45. The number of hydrazine groups is 2. The molecule has 0 unspecified atom stereocenters. The van der Waals surface area contributed by atoms with Gasteiger partial charge in [0.1, 0.15) is 10.2 Å². The van der Waals surface area contributed by atoms with Crippen molar-refractivity contribution in [2.24, 2.45) is 10.8 Å². The standard InChI is InChI=1S/C6H7ClN6O2S/c7-6-9-3-5(16-6)11-2-1-4(8)10-12(11)13(14)15/h3H,1-2H2,(H2,8,10). The fourth-order valence-corrected chi connectivity index (χ4v) is 2.16. The van der Waals surface area contributed by atoms with Gasteiger partial charge >= 0.3 is 0 Å². The van der Waals surface area contributed by atoms with E-state index in [0.717, 1.165) is 11.3 Å². The fraction of sp³-hybridized carbons (Fsp3) is 0.333. The number of nitrogens with zero attached hydrogens (tertiary/aromatic N) is 5. The smallest absolute Gasteiger partial charge is 0.244 e. The van der Waals surface area contributed by atoms with Gasteiger partial charge in [-0.05, 0) is 0 Å². The Hall–Kier alpha value is -1.61. The second kappa shape index (κ2) is 4.10. The minimum absolute atomic E-state index is 0.226. The van der Waals surface area contributed by atoms with Crippen LogP contribution in [-0.4, -0.2) is 27.6 Å². The Morgan fingerprint density at radius 1 is 1.69 bits per heavy atom. The molecule has 8 nitrogen and oxygen atoms in total. The highest BCUT2D eigenvalue weighted by atomic mass is 35.5. The molecule has 0 saturated carbocycles. The Balaban J connectivity index is 2.30. The first kappa shape index (κ1) is 10.9. The van der Waals surface area contributed by atoms with Crippen molar-refractivity contribution >= 4 is 33.8 Å². The summed E-state index contributed by atoms with van der Waals surface area (Å²) < 4.78 is 0.320. The van der Waals surface area contributed by atoms with E-state index in [2.05, 4.69) is 10.1 Å². The van der Waals surface area contributed by atoms with E-state index in [4.69, 9.17) is 17.3 Å². The van der Waals surface area contributed by atoms with Crippen molar-refractivity contribution < 1.29 is 5.03 Å². The number of hydrogen-bond acceptors (Lipinski definition) is 7. The van der Waals surface area contributed by atoms with Crippen LogP contribution < -0.4 is 10.7 Å². The summed E-state index contributed by atoms with van der Waals surface area (Å²) in [6.07, 6.45) is 1.92. The molecular formula is C6H7ClN6O2S. The predicted molar refractivity (Wildman–Crippen MR) is 59.5 cm³/mol. The molecule has 0 saturated heterocycles. The Morgan fingerprint density at radius 3 is 3.00 bits per heavy atom. The zero-order valence-electron chi connectivity index (χ0n) is 7.91. The van der Waals surface area contributed by atoms with Crippen molar-refractivity contribution in [3.8, 4) is 0 Å². The number of anilines is 1. The number of hydrogen-bond donors (Lipinski definition) is 1. The summed E-state index contributed by atoms with van der Waals surface area (Å²) in [7, 11) is 0. The van der Waals surface area contributed by atoms with Crippen LogP contribution in [0, 0.1) is 10.1 Å². The SMILES string of the molecule is NC1=NN([N+](=O)[O-])N(c2cnc(Cl)s2)CC1. The molecule has 0 radical (unpaired) electrons.